The van der Waals surface area contributed by atoms with Crippen LogP contribution in [0.25, 0.3) is 0 Å². The van der Waals surface area contributed by atoms with E-state index in [2.05, 4.69) is 27.2 Å². The minimum absolute atomic E-state index is 0.298. The molecule has 33 heavy (non-hydrogen) atoms. The van der Waals surface area contributed by atoms with Crippen LogP contribution in [0, 0.1) is 0 Å². The maximum atomic E-state index is 6.24. The third-order valence-corrected chi connectivity index (χ3v) is 6.25. The van der Waals surface area contributed by atoms with E-state index in [0.717, 1.165) is 55.7 Å². The summed E-state index contributed by atoms with van der Waals surface area (Å²) in [4.78, 5) is 4.60. The minimum Gasteiger partial charge on any atom is -0.455 e. The zero-order valence-electron chi connectivity index (χ0n) is 18.0. The molecule has 3 aromatic rings. The molecule has 5 rings (SSSR count). The second-order valence-corrected chi connectivity index (χ2v) is 8.76. The van der Waals surface area contributed by atoms with Crippen LogP contribution in [0.4, 0.5) is 5.69 Å². The van der Waals surface area contributed by atoms with Gasteiger partial charge in [-0.05, 0) is 60.2 Å². The Hall–Kier alpha value is -3.00. The first-order valence-electron chi connectivity index (χ1n) is 10.8. The molecule has 1 N–H and O–H groups in total. The fraction of sp³-hybridized carbons (Fsp3) is 0.240. The van der Waals surface area contributed by atoms with E-state index >= 15 is 0 Å². The highest BCUT2D eigenvalue weighted by Crippen LogP contribution is 2.34. The first kappa shape index (κ1) is 21.8. The molecule has 0 aliphatic carbocycles. The normalized spacial score (nSPS) is 15.4. The fourth-order valence-electron chi connectivity index (χ4n) is 3.91. The van der Waals surface area contributed by atoms with E-state index in [1.54, 1.807) is 0 Å². The highest BCUT2D eigenvalue weighted by molar-refractivity contribution is 7.80. The van der Waals surface area contributed by atoms with Gasteiger partial charge in [0.25, 0.3) is 0 Å². The van der Waals surface area contributed by atoms with Gasteiger partial charge in [-0.3, -0.25) is 4.90 Å². The summed E-state index contributed by atoms with van der Waals surface area (Å²) in [6.45, 7) is 4.68. The SMILES string of the molecule is S=C(Nc1cc(Cl)ccc1Oc1ccccc1)N1CCN(Cc2ccc3c(c2)OCO3)CC1. The highest BCUT2D eigenvalue weighted by Gasteiger charge is 2.21. The zero-order valence-corrected chi connectivity index (χ0v) is 19.6. The molecule has 3 aromatic carbocycles. The van der Waals surface area contributed by atoms with Crippen molar-refractivity contribution in [2.45, 2.75) is 6.54 Å². The molecule has 6 nitrogen and oxygen atoms in total. The van der Waals surface area contributed by atoms with Crippen molar-refractivity contribution in [2.24, 2.45) is 0 Å². The molecule has 2 aliphatic rings. The largest absolute Gasteiger partial charge is 0.455 e. The van der Waals surface area contributed by atoms with Crippen LogP contribution in [-0.4, -0.2) is 47.9 Å². The minimum atomic E-state index is 0.298. The topological polar surface area (TPSA) is 46.2 Å². The molecule has 0 amide bonds. The van der Waals surface area contributed by atoms with Crippen LogP contribution in [0.15, 0.2) is 66.7 Å². The summed E-state index contributed by atoms with van der Waals surface area (Å²) in [6, 6.07) is 21.3. The Kier molecular flexibility index (Phi) is 6.53. The van der Waals surface area contributed by atoms with Gasteiger partial charge in [0.05, 0.1) is 5.69 Å². The number of fused-ring (bicyclic) bond motifs is 1. The lowest BCUT2D eigenvalue weighted by Crippen LogP contribution is -2.49. The first-order chi connectivity index (χ1) is 16.1. The monoisotopic (exact) mass is 481 g/mol. The van der Waals surface area contributed by atoms with Crippen molar-refractivity contribution in [2.75, 3.05) is 38.3 Å². The molecular formula is C25H24ClN3O3S. The Labute approximate surface area is 203 Å². The van der Waals surface area contributed by atoms with Crippen molar-refractivity contribution in [3.05, 3.63) is 77.3 Å². The number of thiocarbonyl (C=S) groups is 1. The lowest BCUT2D eigenvalue weighted by molar-refractivity contribution is 0.173. The van der Waals surface area contributed by atoms with Crippen molar-refractivity contribution < 1.29 is 14.2 Å². The Morgan fingerprint density at radius 2 is 1.73 bits per heavy atom. The predicted molar refractivity (Wildman–Crippen MR) is 134 cm³/mol. The number of benzene rings is 3. The second kappa shape index (κ2) is 9.87. The van der Waals surface area contributed by atoms with E-state index in [4.69, 9.17) is 38.0 Å². The molecule has 2 aliphatic heterocycles. The van der Waals surface area contributed by atoms with Crippen molar-refractivity contribution in [3.63, 3.8) is 0 Å². The molecule has 2 heterocycles. The van der Waals surface area contributed by atoms with Gasteiger partial charge in [0.2, 0.25) is 6.79 Å². The van der Waals surface area contributed by atoms with Crippen LogP contribution in [0.3, 0.4) is 0 Å². The van der Waals surface area contributed by atoms with Crippen LogP contribution in [0.2, 0.25) is 5.02 Å². The molecule has 170 valence electrons. The van der Waals surface area contributed by atoms with Crippen LogP contribution >= 0.6 is 23.8 Å². The summed E-state index contributed by atoms with van der Waals surface area (Å²) in [5.74, 6) is 3.07. The van der Waals surface area contributed by atoms with Crippen LogP contribution in [0.1, 0.15) is 5.56 Å². The predicted octanol–water partition coefficient (Wildman–Crippen LogP) is 5.38. The number of halogens is 1. The van der Waals surface area contributed by atoms with Gasteiger partial charge in [-0.25, -0.2) is 0 Å². The summed E-state index contributed by atoms with van der Waals surface area (Å²) in [5, 5.41) is 4.62. The molecule has 1 fully saturated rings. The first-order valence-corrected chi connectivity index (χ1v) is 11.6. The number of anilines is 1. The van der Waals surface area contributed by atoms with E-state index < -0.39 is 0 Å². The Bertz CT molecular complexity index is 1140. The van der Waals surface area contributed by atoms with Crippen molar-refractivity contribution in [1.82, 2.24) is 9.80 Å². The van der Waals surface area contributed by atoms with E-state index in [1.807, 2.05) is 54.6 Å². The summed E-state index contributed by atoms with van der Waals surface area (Å²) < 4.78 is 16.9. The van der Waals surface area contributed by atoms with E-state index in [9.17, 15) is 0 Å². The summed E-state index contributed by atoms with van der Waals surface area (Å²) in [5.41, 5.74) is 1.97. The van der Waals surface area contributed by atoms with Crippen LogP contribution < -0.4 is 19.5 Å². The van der Waals surface area contributed by atoms with E-state index in [0.29, 0.717) is 22.7 Å². The summed E-state index contributed by atoms with van der Waals surface area (Å²) in [6.07, 6.45) is 0. The molecule has 0 aromatic heterocycles. The van der Waals surface area contributed by atoms with Gasteiger partial charge in [-0.15, -0.1) is 0 Å². The smallest absolute Gasteiger partial charge is 0.231 e. The Morgan fingerprint density at radius 3 is 2.55 bits per heavy atom. The van der Waals surface area contributed by atoms with Gasteiger partial charge in [0, 0.05) is 37.7 Å². The highest BCUT2D eigenvalue weighted by atomic mass is 35.5. The maximum absolute atomic E-state index is 6.24. The third kappa shape index (κ3) is 5.33. The number of nitrogens with one attached hydrogen (secondary N) is 1. The molecule has 0 saturated carbocycles. The fourth-order valence-corrected chi connectivity index (χ4v) is 4.37. The average molecular weight is 482 g/mol. The van der Waals surface area contributed by atoms with Gasteiger partial charge in [-0.1, -0.05) is 35.9 Å². The van der Waals surface area contributed by atoms with Crippen molar-refractivity contribution in [1.29, 1.82) is 0 Å². The number of rotatable bonds is 5. The van der Waals surface area contributed by atoms with Gasteiger partial charge < -0.3 is 24.4 Å². The molecule has 0 spiro atoms. The number of piperazine rings is 1. The lowest BCUT2D eigenvalue weighted by Gasteiger charge is -2.36. The van der Waals surface area contributed by atoms with Gasteiger partial charge >= 0.3 is 0 Å². The summed E-state index contributed by atoms with van der Waals surface area (Å²) in [7, 11) is 0. The van der Waals surface area contributed by atoms with E-state index in [1.165, 1.54) is 5.56 Å². The summed E-state index contributed by atoms with van der Waals surface area (Å²) >= 11 is 12.0. The standard InChI is InChI=1S/C25H24ClN3O3S/c26-19-7-9-22(32-20-4-2-1-3-5-20)21(15-19)27-25(33)29-12-10-28(11-13-29)16-18-6-8-23-24(14-18)31-17-30-23/h1-9,14-15H,10-13,16-17H2,(H,27,33). The van der Waals surface area contributed by atoms with Gasteiger partial charge in [0.1, 0.15) is 5.75 Å². The van der Waals surface area contributed by atoms with Gasteiger partial charge in [0.15, 0.2) is 22.4 Å². The zero-order chi connectivity index (χ0) is 22.6. The molecule has 0 radical (unpaired) electrons. The molecule has 8 heteroatoms. The molecule has 0 atom stereocenters. The second-order valence-electron chi connectivity index (χ2n) is 7.94. The van der Waals surface area contributed by atoms with Crippen molar-refractivity contribution in [3.8, 4) is 23.0 Å². The van der Waals surface area contributed by atoms with Crippen LogP contribution in [-0.2, 0) is 6.54 Å². The maximum Gasteiger partial charge on any atom is 0.231 e. The van der Waals surface area contributed by atoms with E-state index in [-0.39, 0.29) is 0 Å². The number of hydrogen-bond donors (Lipinski definition) is 1. The molecule has 0 bridgehead atoms. The Balaban J connectivity index is 1.18. The average Bonchev–Trinajstić information content (AvgIpc) is 3.30. The number of hydrogen-bond acceptors (Lipinski definition) is 5. The molecule has 1 saturated heterocycles. The van der Waals surface area contributed by atoms with Gasteiger partial charge in [-0.2, -0.15) is 0 Å². The number of nitrogens with zero attached hydrogens (tertiary/aromatic N) is 2. The lowest BCUT2D eigenvalue weighted by atomic mass is 10.1. The third-order valence-electron chi connectivity index (χ3n) is 5.66. The Morgan fingerprint density at radius 1 is 0.939 bits per heavy atom. The number of ether oxygens (including phenoxy) is 3. The quantitative estimate of drug-likeness (QED) is 0.491. The van der Waals surface area contributed by atoms with Crippen molar-refractivity contribution >= 4 is 34.6 Å². The van der Waals surface area contributed by atoms with Crippen LogP contribution in [0.5, 0.6) is 23.0 Å². The number of para-hydroxylation sites is 1. The molecular weight excluding hydrogens is 458 g/mol. The molecule has 0 unspecified atom stereocenters.